The second kappa shape index (κ2) is 4.66. The van der Waals surface area contributed by atoms with E-state index in [1.165, 1.54) is 19.3 Å². The standard InChI is InChI=1S/C15H15N3/c16-8-12-10-17-14-7-2-1-6-13(14)15(12)18-9-11-4-3-5-11/h1-2,6-7,10-11H,3-5,9H2,(H,17,18). The van der Waals surface area contributed by atoms with E-state index in [-0.39, 0.29) is 0 Å². The Balaban J connectivity index is 1.97. The molecule has 0 spiro atoms. The van der Waals surface area contributed by atoms with E-state index in [1.54, 1.807) is 6.20 Å². The molecule has 1 aromatic carbocycles. The van der Waals surface area contributed by atoms with E-state index in [0.717, 1.165) is 29.1 Å². The van der Waals surface area contributed by atoms with Crippen molar-refractivity contribution in [2.75, 3.05) is 11.9 Å². The Morgan fingerprint density at radius 2 is 2.17 bits per heavy atom. The molecule has 1 saturated carbocycles. The molecular formula is C15H15N3. The normalized spacial score (nSPS) is 15.1. The first-order valence-electron chi connectivity index (χ1n) is 6.40. The van der Waals surface area contributed by atoms with Crippen LogP contribution in [0.3, 0.4) is 0 Å². The van der Waals surface area contributed by atoms with Gasteiger partial charge in [-0.25, -0.2) is 0 Å². The van der Waals surface area contributed by atoms with Crippen molar-refractivity contribution < 1.29 is 0 Å². The van der Waals surface area contributed by atoms with Crippen LogP contribution in [-0.2, 0) is 0 Å². The van der Waals surface area contributed by atoms with Gasteiger partial charge >= 0.3 is 0 Å². The van der Waals surface area contributed by atoms with Gasteiger partial charge in [0.05, 0.1) is 16.8 Å². The number of pyridine rings is 1. The topological polar surface area (TPSA) is 48.7 Å². The van der Waals surface area contributed by atoms with Gasteiger partial charge in [0.15, 0.2) is 0 Å². The van der Waals surface area contributed by atoms with E-state index in [1.807, 2.05) is 24.3 Å². The number of benzene rings is 1. The molecule has 90 valence electrons. The van der Waals surface area contributed by atoms with Gasteiger partial charge in [0.1, 0.15) is 6.07 Å². The van der Waals surface area contributed by atoms with Gasteiger partial charge in [-0.15, -0.1) is 0 Å². The zero-order valence-electron chi connectivity index (χ0n) is 10.2. The average molecular weight is 237 g/mol. The zero-order chi connectivity index (χ0) is 12.4. The number of fused-ring (bicyclic) bond motifs is 1. The largest absolute Gasteiger partial charge is 0.383 e. The van der Waals surface area contributed by atoms with Gasteiger partial charge in [0.25, 0.3) is 0 Å². The van der Waals surface area contributed by atoms with Crippen molar-refractivity contribution in [3.8, 4) is 6.07 Å². The summed E-state index contributed by atoms with van der Waals surface area (Å²) in [7, 11) is 0. The van der Waals surface area contributed by atoms with E-state index >= 15 is 0 Å². The van der Waals surface area contributed by atoms with Crippen LogP contribution in [0.5, 0.6) is 0 Å². The average Bonchev–Trinajstić information content (AvgIpc) is 2.37. The third-order valence-corrected chi connectivity index (χ3v) is 3.69. The summed E-state index contributed by atoms with van der Waals surface area (Å²) in [5.41, 5.74) is 2.51. The van der Waals surface area contributed by atoms with Crippen molar-refractivity contribution in [3.63, 3.8) is 0 Å². The predicted octanol–water partition coefficient (Wildman–Crippen LogP) is 3.32. The minimum absolute atomic E-state index is 0.632. The smallest absolute Gasteiger partial charge is 0.103 e. The number of aromatic nitrogens is 1. The molecule has 1 fully saturated rings. The van der Waals surface area contributed by atoms with Crippen LogP contribution in [0.2, 0.25) is 0 Å². The van der Waals surface area contributed by atoms with Crippen molar-refractivity contribution in [2.24, 2.45) is 5.92 Å². The number of hydrogen-bond donors (Lipinski definition) is 1. The summed E-state index contributed by atoms with van der Waals surface area (Å²) in [6.07, 6.45) is 5.61. The third-order valence-electron chi connectivity index (χ3n) is 3.69. The Hall–Kier alpha value is -2.08. The molecule has 1 N–H and O–H groups in total. The molecule has 0 bridgehead atoms. The summed E-state index contributed by atoms with van der Waals surface area (Å²) in [5, 5.41) is 13.7. The summed E-state index contributed by atoms with van der Waals surface area (Å²) in [6.45, 7) is 0.961. The molecule has 3 nitrogen and oxygen atoms in total. The third kappa shape index (κ3) is 1.91. The van der Waals surface area contributed by atoms with Gasteiger partial charge in [-0.05, 0) is 24.8 Å². The van der Waals surface area contributed by atoms with Gasteiger partial charge < -0.3 is 5.32 Å². The Bertz CT molecular complexity index is 609. The molecule has 0 amide bonds. The number of anilines is 1. The van der Waals surface area contributed by atoms with Crippen molar-refractivity contribution >= 4 is 16.6 Å². The molecule has 1 heterocycles. The number of nitriles is 1. The number of hydrogen-bond acceptors (Lipinski definition) is 3. The van der Waals surface area contributed by atoms with Crippen molar-refractivity contribution in [1.82, 2.24) is 4.98 Å². The molecule has 1 aromatic heterocycles. The Morgan fingerprint density at radius 3 is 2.89 bits per heavy atom. The first kappa shape index (κ1) is 11.0. The first-order valence-corrected chi connectivity index (χ1v) is 6.40. The fourth-order valence-electron chi connectivity index (χ4n) is 2.36. The van der Waals surface area contributed by atoms with Crippen LogP contribution in [0.4, 0.5) is 5.69 Å². The lowest BCUT2D eigenvalue weighted by molar-refractivity contribution is 0.333. The summed E-state index contributed by atoms with van der Waals surface area (Å²) in [6, 6.07) is 10.2. The summed E-state index contributed by atoms with van der Waals surface area (Å²) in [4.78, 5) is 4.31. The molecule has 0 radical (unpaired) electrons. The highest BCUT2D eigenvalue weighted by Gasteiger charge is 2.18. The molecule has 0 atom stereocenters. The molecule has 1 aliphatic carbocycles. The quantitative estimate of drug-likeness (QED) is 0.890. The number of rotatable bonds is 3. The summed E-state index contributed by atoms with van der Waals surface area (Å²) in [5.74, 6) is 0.767. The van der Waals surface area contributed by atoms with E-state index in [0.29, 0.717) is 5.56 Å². The molecule has 1 aliphatic rings. The minimum atomic E-state index is 0.632. The Morgan fingerprint density at radius 1 is 1.33 bits per heavy atom. The van der Waals surface area contributed by atoms with E-state index in [4.69, 9.17) is 0 Å². The monoisotopic (exact) mass is 237 g/mol. The molecule has 3 heteroatoms. The second-order valence-electron chi connectivity index (χ2n) is 4.85. The molecule has 2 aromatic rings. The van der Waals surface area contributed by atoms with Crippen LogP contribution in [0, 0.1) is 17.2 Å². The Labute approximate surface area is 106 Å². The SMILES string of the molecule is N#Cc1cnc2ccccc2c1NCC1CCC1. The molecule has 3 rings (SSSR count). The van der Waals surface area contributed by atoms with Gasteiger partial charge in [-0.3, -0.25) is 4.98 Å². The van der Waals surface area contributed by atoms with Crippen LogP contribution in [-0.4, -0.2) is 11.5 Å². The van der Waals surface area contributed by atoms with E-state index < -0.39 is 0 Å². The van der Waals surface area contributed by atoms with Gasteiger partial charge in [-0.2, -0.15) is 5.26 Å². The maximum absolute atomic E-state index is 9.18. The second-order valence-corrected chi connectivity index (χ2v) is 4.85. The van der Waals surface area contributed by atoms with Crippen LogP contribution < -0.4 is 5.32 Å². The lowest BCUT2D eigenvalue weighted by Crippen LogP contribution is -2.21. The highest BCUT2D eigenvalue weighted by Crippen LogP contribution is 2.29. The number of para-hydroxylation sites is 1. The van der Waals surface area contributed by atoms with Gasteiger partial charge in [0.2, 0.25) is 0 Å². The van der Waals surface area contributed by atoms with E-state index in [9.17, 15) is 5.26 Å². The highest BCUT2D eigenvalue weighted by atomic mass is 14.9. The predicted molar refractivity (Wildman–Crippen MR) is 72.3 cm³/mol. The fourth-order valence-corrected chi connectivity index (χ4v) is 2.36. The lowest BCUT2D eigenvalue weighted by Gasteiger charge is -2.26. The van der Waals surface area contributed by atoms with E-state index in [2.05, 4.69) is 16.4 Å². The maximum Gasteiger partial charge on any atom is 0.103 e. The number of nitrogens with one attached hydrogen (secondary N) is 1. The molecule has 0 aliphatic heterocycles. The van der Waals surface area contributed by atoms with Crippen LogP contribution in [0.25, 0.3) is 10.9 Å². The summed E-state index contributed by atoms with van der Waals surface area (Å²) >= 11 is 0. The Kier molecular flexibility index (Phi) is 2.85. The fraction of sp³-hybridized carbons (Fsp3) is 0.333. The van der Waals surface area contributed by atoms with Crippen molar-refractivity contribution in [3.05, 3.63) is 36.0 Å². The zero-order valence-corrected chi connectivity index (χ0v) is 10.2. The van der Waals surface area contributed by atoms with Crippen LogP contribution >= 0.6 is 0 Å². The van der Waals surface area contributed by atoms with Crippen molar-refractivity contribution in [2.45, 2.75) is 19.3 Å². The van der Waals surface area contributed by atoms with Crippen LogP contribution in [0.15, 0.2) is 30.5 Å². The van der Waals surface area contributed by atoms with Crippen molar-refractivity contribution in [1.29, 1.82) is 5.26 Å². The first-order chi connectivity index (χ1) is 8.88. The maximum atomic E-state index is 9.18. The number of nitrogens with zero attached hydrogens (tertiary/aromatic N) is 2. The minimum Gasteiger partial charge on any atom is -0.383 e. The molecule has 18 heavy (non-hydrogen) atoms. The van der Waals surface area contributed by atoms with Crippen LogP contribution in [0.1, 0.15) is 24.8 Å². The highest BCUT2D eigenvalue weighted by molar-refractivity contribution is 5.93. The lowest BCUT2D eigenvalue weighted by atomic mass is 9.85. The molecular weight excluding hydrogens is 222 g/mol. The summed E-state index contributed by atoms with van der Waals surface area (Å²) < 4.78 is 0. The van der Waals surface area contributed by atoms with Gasteiger partial charge in [-0.1, -0.05) is 24.6 Å². The molecule has 0 saturated heterocycles. The van der Waals surface area contributed by atoms with Gasteiger partial charge in [0, 0.05) is 18.1 Å². The molecule has 0 unspecified atom stereocenters.